The minimum atomic E-state index is -0.379. The summed E-state index contributed by atoms with van der Waals surface area (Å²) in [7, 11) is 0. The van der Waals surface area contributed by atoms with Crippen molar-refractivity contribution in [1.29, 1.82) is 0 Å². The molecule has 1 saturated carbocycles. The molecule has 1 saturated heterocycles. The van der Waals surface area contributed by atoms with E-state index in [0.717, 1.165) is 6.42 Å². The lowest BCUT2D eigenvalue weighted by molar-refractivity contribution is -0.123. The number of fused-ring (bicyclic) bond motifs is 3. The molecule has 4 rings (SSSR count). The van der Waals surface area contributed by atoms with Crippen LogP contribution in [0.15, 0.2) is 24.3 Å². The lowest BCUT2D eigenvalue weighted by Crippen LogP contribution is -2.42. The van der Waals surface area contributed by atoms with Gasteiger partial charge in [-0.05, 0) is 29.9 Å². The second-order valence-corrected chi connectivity index (χ2v) is 5.98. The molecule has 1 aromatic carbocycles. The van der Waals surface area contributed by atoms with Gasteiger partial charge in [-0.25, -0.2) is 0 Å². The Morgan fingerprint density at radius 1 is 1.35 bits per heavy atom. The summed E-state index contributed by atoms with van der Waals surface area (Å²) in [6.07, 6.45) is 1.24. The fourth-order valence-electron chi connectivity index (χ4n) is 3.73. The summed E-state index contributed by atoms with van der Waals surface area (Å²) in [5.74, 6) is 1.16. The van der Waals surface area contributed by atoms with Gasteiger partial charge in [0, 0.05) is 18.5 Å². The van der Waals surface area contributed by atoms with Crippen LogP contribution in [0.5, 0.6) is 0 Å². The van der Waals surface area contributed by atoms with E-state index in [0.29, 0.717) is 30.8 Å². The van der Waals surface area contributed by atoms with Gasteiger partial charge in [-0.1, -0.05) is 24.3 Å². The third-order valence-electron chi connectivity index (χ3n) is 4.77. The third-order valence-corrected chi connectivity index (χ3v) is 4.77. The highest BCUT2D eigenvalue weighted by Gasteiger charge is 2.56. The van der Waals surface area contributed by atoms with Crippen molar-refractivity contribution in [3.8, 4) is 0 Å². The van der Waals surface area contributed by atoms with Crippen molar-refractivity contribution >= 4 is 18.3 Å². The minimum Gasteiger partial charge on any atom is -0.392 e. The summed E-state index contributed by atoms with van der Waals surface area (Å²) in [6.45, 7) is 0.526. The van der Waals surface area contributed by atoms with Gasteiger partial charge in [-0.2, -0.15) is 0 Å². The van der Waals surface area contributed by atoms with Gasteiger partial charge < -0.3 is 15.7 Å². The van der Waals surface area contributed by atoms with Gasteiger partial charge in [-0.3, -0.25) is 4.79 Å². The van der Waals surface area contributed by atoms with Crippen LogP contribution < -0.4 is 10.6 Å². The van der Waals surface area contributed by atoms with E-state index in [4.69, 9.17) is 0 Å². The molecule has 1 aliphatic heterocycles. The van der Waals surface area contributed by atoms with Gasteiger partial charge in [0.05, 0.1) is 12.1 Å². The third kappa shape index (κ3) is 2.12. The molecule has 4 nitrogen and oxygen atoms in total. The first kappa shape index (κ1) is 13.9. The highest BCUT2D eigenvalue weighted by atomic mass is 35.5. The van der Waals surface area contributed by atoms with Gasteiger partial charge in [0.2, 0.25) is 5.91 Å². The van der Waals surface area contributed by atoms with E-state index in [1.54, 1.807) is 0 Å². The monoisotopic (exact) mass is 294 g/mol. The van der Waals surface area contributed by atoms with Crippen LogP contribution in [-0.2, 0) is 11.2 Å². The van der Waals surface area contributed by atoms with Crippen LogP contribution in [0.2, 0.25) is 0 Å². The molecule has 20 heavy (non-hydrogen) atoms. The number of aliphatic hydroxyl groups is 1. The first-order valence-electron chi connectivity index (χ1n) is 7.03. The number of hydrogen-bond acceptors (Lipinski definition) is 3. The largest absolute Gasteiger partial charge is 0.392 e. The van der Waals surface area contributed by atoms with Crippen molar-refractivity contribution in [2.75, 3.05) is 6.54 Å². The van der Waals surface area contributed by atoms with E-state index in [1.807, 2.05) is 0 Å². The predicted octanol–water partition coefficient (Wildman–Crippen LogP) is 0.585. The lowest BCUT2D eigenvalue weighted by Gasteiger charge is -2.13. The Morgan fingerprint density at radius 2 is 2.15 bits per heavy atom. The molecule has 1 aromatic rings. The topological polar surface area (TPSA) is 61.4 Å². The quantitative estimate of drug-likeness (QED) is 0.748. The van der Waals surface area contributed by atoms with Crippen molar-refractivity contribution in [2.24, 2.45) is 5.92 Å². The van der Waals surface area contributed by atoms with E-state index < -0.39 is 0 Å². The summed E-state index contributed by atoms with van der Waals surface area (Å²) in [5.41, 5.74) is 2.86. The Balaban J connectivity index is 0.00000121. The number of halogens is 1. The Kier molecular flexibility index (Phi) is 3.48. The molecular weight excluding hydrogens is 276 g/mol. The number of aliphatic hydroxyl groups excluding tert-OH is 1. The van der Waals surface area contributed by atoms with E-state index in [9.17, 15) is 9.90 Å². The van der Waals surface area contributed by atoms with E-state index in [1.165, 1.54) is 11.1 Å². The molecule has 0 radical (unpaired) electrons. The Labute approximate surface area is 124 Å². The molecule has 5 heteroatoms. The molecule has 0 spiro atoms. The zero-order valence-electron chi connectivity index (χ0n) is 11.1. The summed E-state index contributed by atoms with van der Waals surface area (Å²) in [6, 6.07) is 8.63. The number of benzene rings is 1. The minimum absolute atomic E-state index is 0. The lowest BCUT2D eigenvalue weighted by atomic mass is 10.0. The molecule has 5 unspecified atom stereocenters. The van der Waals surface area contributed by atoms with Crippen LogP contribution in [-0.4, -0.2) is 35.7 Å². The summed E-state index contributed by atoms with van der Waals surface area (Å²) in [5, 5.41) is 15.7. The Morgan fingerprint density at radius 3 is 2.90 bits per heavy atom. The van der Waals surface area contributed by atoms with Crippen molar-refractivity contribution in [2.45, 2.75) is 36.9 Å². The molecule has 2 aliphatic carbocycles. The number of nitrogens with one attached hydrogen (secondary N) is 2. The number of β-amino-alcohol motifs (C(OH)–C–C–N with tert-alkyl or cyclic N) is 1. The number of rotatable bonds is 2. The van der Waals surface area contributed by atoms with Crippen molar-refractivity contribution < 1.29 is 9.90 Å². The fraction of sp³-hybridized carbons (Fsp3) is 0.533. The molecule has 5 atom stereocenters. The highest BCUT2D eigenvalue weighted by Crippen LogP contribution is 2.56. The molecule has 1 heterocycles. The maximum Gasteiger partial charge on any atom is 0.237 e. The zero-order chi connectivity index (χ0) is 13.0. The van der Waals surface area contributed by atoms with Crippen molar-refractivity contribution in [1.82, 2.24) is 10.6 Å². The van der Waals surface area contributed by atoms with Crippen LogP contribution in [0.3, 0.4) is 0 Å². The Hall–Kier alpha value is -1.10. The molecule has 108 valence electrons. The van der Waals surface area contributed by atoms with Crippen LogP contribution in [0.1, 0.15) is 23.5 Å². The van der Waals surface area contributed by atoms with Crippen molar-refractivity contribution in [3.63, 3.8) is 0 Å². The molecule has 2 fully saturated rings. The Bertz CT molecular complexity index is 536. The zero-order valence-corrected chi connectivity index (χ0v) is 11.9. The first-order chi connectivity index (χ1) is 9.24. The highest BCUT2D eigenvalue weighted by molar-refractivity contribution is 5.85. The molecule has 3 aliphatic rings. The predicted molar refractivity (Wildman–Crippen MR) is 78.0 cm³/mol. The second-order valence-electron chi connectivity index (χ2n) is 5.98. The van der Waals surface area contributed by atoms with Crippen molar-refractivity contribution in [3.05, 3.63) is 35.4 Å². The van der Waals surface area contributed by atoms with Gasteiger partial charge in [-0.15, -0.1) is 12.4 Å². The van der Waals surface area contributed by atoms with Crippen LogP contribution in [0.25, 0.3) is 0 Å². The molecule has 1 amide bonds. The average molecular weight is 295 g/mol. The first-order valence-corrected chi connectivity index (χ1v) is 7.03. The maximum absolute atomic E-state index is 12.1. The molecule has 0 aromatic heterocycles. The number of hydrogen-bond donors (Lipinski definition) is 3. The maximum atomic E-state index is 12.1. The van der Waals surface area contributed by atoms with Crippen LogP contribution in [0, 0.1) is 5.92 Å². The van der Waals surface area contributed by atoms with Gasteiger partial charge in [0.25, 0.3) is 0 Å². The number of carbonyl (C=O) groups excluding carboxylic acids is 1. The van der Waals surface area contributed by atoms with E-state index >= 15 is 0 Å². The van der Waals surface area contributed by atoms with Crippen LogP contribution >= 0.6 is 12.4 Å². The molecule has 3 N–H and O–H groups in total. The van der Waals surface area contributed by atoms with Gasteiger partial charge in [0.1, 0.15) is 0 Å². The van der Waals surface area contributed by atoms with E-state index in [-0.39, 0.29) is 30.5 Å². The fourth-order valence-corrected chi connectivity index (χ4v) is 3.73. The smallest absolute Gasteiger partial charge is 0.237 e. The summed E-state index contributed by atoms with van der Waals surface area (Å²) in [4.78, 5) is 12.1. The van der Waals surface area contributed by atoms with Gasteiger partial charge in [0.15, 0.2) is 0 Å². The summed E-state index contributed by atoms with van der Waals surface area (Å²) >= 11 is 0. The molecule has 0 bridgehead atoms. The number of amides is 1. The normalized spacial score (nSPS) is 36.8. The van der Waals surface area contributed by atoms with Gasteiger partial charge >= 0.3 is 0 Å². The van der Waals surface area contributed by atoms with E-state index in [2.05, 4.69) is 34.9 Å². The average Bonchev–Trinajstić information content (AvgIpc) is 2.79. The summed E-state index contributed by atoms with van der Waals surface area (Å²) < 4.78 is 0. The SMILES string of the molecule is Cl.O=C(NC1C2Cc3ccccc3C21)C1CC(O)CN1. The number of carbonyl (C=O) groups is 1. The standard InChI is InChI=1S/C15H18N2O2.ClH/c18-9-6-12(16-7-9)15(19)17-14-11-5-8-3-1-2-4-10(8)13(11)14;/h1-4,9,11-14,16,18H,5-7H2,(H,17,19);1H. The molecular formula is C15H19ClN2O2. The second kappa shape index (κ2) is 5.02. The van der Waals surface area contributed by atoms with Crippen LogP contribution in [0.4, 0.5) is 0 Å².